The van der Waals surface area contributed by atoms with Crippen LogP contribution in [0.5, 0.6) is 0 Å². The van der Waals surface area contributed by atoms with Crippen LogP contribution in [0.2, 0.25) is 0 Å². The van der Waals surface area contributed by atoms with Crippen LogP contribution < -0.4 is 0 Å². The van der Waals surface area contributed by atoms with Gasteiger partial charge in [0.2, 0.25) is 0 Å². The molecule has 0 bridgehead atoms. The molecule has 1 atom stereocenters. The van der Waals surface area contributed by atoms with Crippen molar-refractivity contribution in [1.29, 1.82) is 0 Å². The van der Waals surface area contributed by atoms with E-state index in [1.165, 1.54) is 12.0 Å². The van der Waals surface area contributed by atoms with Crippen molar-refractivity contribution in [2.45, 2.75) is 33.6 Å². The first-order valence-corrected chi connectivity index (χ1v) is 4.72. The van der Waals surface area contributed by atoms with E-state index in [1.54, 1.807) is 0 Å². The Morgan fingerprint density at radius 1 is 1.50 bits per heavy atom. The van der Waals surface area contributed by atoms with Crippen LogP contribution in [0, 0.1) is 5.92 Å². The van der Waals surface area contributed by atoms with Crippen molar-refractivity contribution in [3.05, 3.63) is 36.5 Å². The molecule has 0 saturated heterocycles. The van der Waals surface area contributed by atoms with Crippen molar-refractivity contribution in [3.63, 3.8) is 0 Å². The summed E-state index contributed by atoms with van der Waals surface area (Å²) in [4.78, 5) is 0. The lowest BCUT2D eigenvalue weighted by Gasteiger charge is -2.03. The molecule has 1 rings (SSSR count). The van der Waals surface area contributed by atoms with E-state index in [2.05, 4.69) is 45.6 Å². The zero-order chi connectivity index (χ0) is 9.40. The standard InChI is InChI=1S/C8H12.C4H8/c1-3-8-6-4-5-7(8)2;1-3-4-2/h4-6,8H,3H2,1-2H3;3H,1,4H2,2H3. The van der Waals surface area contributed by atoms with E-state index < -0.39 is 0 Å². The number of allylic oxidation sites excluding steroid dienone is 5. The van der Waals surface area contributed by atoms with Gasteiger partial charge in [-0.25, -0.2) is 0 Å². The highest BCUT2D eigenvalue weighted by molar-refractivity contribution is 5.25. The van der Waals surface area contributed by atoms with E-state index >= 15 is 0 Å². The van der Waals surface area contributed by atoms with Gasteiger partial charge in [-0.05, 0) is 25.7 Å². The van der Waals surface area contributed by atoms with Gasteiger partial charge in [-0.1, -0.05) is 43.7 Å². The van der Waals surface area contributed by atoms with E-state index in [4.69, 9.17) is 0 Å². The molecule has 0 spiro atoms. The highest BCUT2D eigenvalue weighted by atomic mass is 14.1. The molecule has 1 aliphatic carbocycles. The fourth-order valence-electron chi connectivity index (χ4n) is 1.07. The first kappa shape index (κ1) is 11.2. The third-order valence-electron chi connectivity index (χ3n) is 2.02. The van der Waals surface area contributed by atoms with Crippen LogP contribution in [0.25, 0.3) is 0 Å². The molecule has 0 heterocycles. The van der Waals surface area contributed by atoms with E-state index in [-0.39, 0.29) is 0 Å². The van der Waals surface area contributed by atoms with E-state index in [1.807, 2.05) is 6.08 Å². The van der Waals surface area contributed by atoms with Gasteiger partial charge in [0.15, 0.2) is 0 Å². The maximum atomic E-state index is 3.48. The maximum absolute atomic E-state index is 3.48. The Morgan fingerprint density at radius 3 is 2.25 bits per heavy atom. The molecular weight excluding hydrogens is 144 g/mol. The molecule has 0 nitrogen and oxygen atoms in total. The lowest BCUT2D eigenvalue weighted by Crippen LogP contribution is -1.90. The molecule has 0 N–H and O–H groups in total. The van der Waals surface area contributed by atoms with Gasteiger partial charge in [0.1, 0.15) is 0 Å². The molecule has 1 aliphatic rings. The van der Waals surface area contributed by atoms with Crippen LogP contribution >= 0.6 is 0 Å². The van der Waals surface area contributed by atoms with Crippen LogP contribution in [0.4, 0.5) is 0 Å². The number of hydrogen-bond acceptors (Lipinski definition) is 0. The summed E-state index contributed by atoms with van der Waals surface area (Å²) >= 11 is 0. The lowest BCUT2D eigenvalue weighted by molar-refractivity contribution is 0.739. The van der Waals surface area contributed by atoms with Crippen LogP contribution in [-0.2, 0) is 0 Å². The highest BCUT2D eigenvalue weighted by Gasteiger charge is 2.05. The summed E-state index contributed by atoms with van der Waals surface area (Å²) in [6.07, 6.45) is 10.8. The monoisotopic (exact) mass is 164 g/mol. The van der Waals surface area contributed by atoms with Crippen molar-refractivity contribution in [2.75, 3.05) is 0 Å². The highest BCUT2D eigenvalue weighted by Crippen LogP contribution is 2.20. The van der Waals surface area contributed by atoms with Gasteiger partial charge in [0.05, 0.1) is 0 Å². The predicted octanol–water partition coefficient (Wildman–Crippen LogP) is 4.11. The topological polar surface area (TPSA) is 0 Å². The first-order valence-electron chi connectivity index (χ1n) is 4.72. The summed E-state index contributed by atoms with van der Waals surface area (Å²) in [6, 6.07) is 0. The van der Waals surface area contributed by atoms with Gasteiger partial charge in [-0.2, -0.15) is 0 Å². The SMILES string of the molecule is C=CCC.CCC1C=CC=C1C. The fourth-order valence-corrected chi connectivity index (χ4v) is 1.07. The van der Waals surface area contributed by atoms with Crippen molar-refractivity contribution < 1.29 is 0 Å². The van der Waals surface area contributed by atoms with Crippen molar-refractivity contribution >= 4 is 0 Å². The van der Waals surface area contributed by atoms with Gasteiger partial charge in [0, 0.05) is 0 Å². The van der Waals surface area contributed by atoms with Crippen molar-refractivity contribution in [1.82, 2.24) is 0 Å². The van der Waals surface area contributed by atoms with Gasteiger partial charge in [-0.15, -0.1) is 6.58 Å². The minimum Gasteiger partial charge on any atom is -0.103 e. The molecule has 0 amide bonds. The number of hydrogen-bond donors (Lipinski definition) is 0. The molecular formula is C12H20. The maximum Gasteiger partial charge on any atom is -0.00224 e. The van der Waals surface area contributed by atoms with E-state index in [9.17, 15) is 0 Å². The Balaban J connectivity index is 0.000000261. The first-order chi connectivity index (χ1) is 5.76. The second-order valence-electron chi connectivity index (χ2n) is 3.01. The largest absolute Gasteiger partial charge is 0.103 e. The average Bonchev–Trinajstić information content (AvgIpc) is 2.51. The molecule has 0 aliphatic heterocycles. The number of rotatable bonds is 2. The molecule has 0 saturated carbocycles. The Hall–Kier alpha value is -0.780. The van der Waals surface area contributed by atoms with Crippen LogP contribution in [0.1, 0.15) is 33.6 Å². The average molecular weight is 164 g/mol. The molecule has 68 valence electrons. The molecule has 0 aromatic rings. The zero-order valence-corrected chi connectivity index (χ0v) is 8.51. The molecule has 0 aromatic carbocycles. The molecule has 0 heteroatoms. The third-order valence-corrected chi connectivity index (χ3v) is 2.02. The zero-order valence-electron chi connectivity index (χ0n) is 8.51. The molecule has 0 radical (unpaired) electrons. The van der Waals surface area contributed by atoms with Gasteiger partial charge in [-0.3, -0.25) is 0 Å². The van der Waals surface area contributed by atoms with Crippen LogP contribution in [-0.4, -0.2) is 0 Å². The second-order valence-corrected chi connectivity index (χ2v) is 3.01. The third kappa shape index (κ3) is 4.17. The summed E-state index contributed by atoms with van der Waals surface area (Å²) in [7, 11) is 0. The van der Waals surface area contributed by atoms with Crippen LogP contribution in [0.15, 0.2) is 36.5 Å². The Morgan fingerprint density at radius 2 is 2.08 bits per heavy atom. The lowest BCUT2D eigenvalue weighted by atomic mass is 10.0. The minimum atomic E-state index is 0.745. The predicted molar refractivity (Wildman–Crippen MR) is 57.2 cm³/mol. The Bertz CT molecular complexity index is 172. The molecule has 0 aromatic heterocycles. The minimum absolute atomic E-state index is 0.745. The van der Waals surface area contributed by atoms with E-state index in [0.29, 0.717) is 0 Å². The summed E-state index contributed by atoms with van der Waals surface area (Å²) < 4.78 is 0. The van der Waals surface area contributed by atoms with Gasteiger partial charge < -0.3 is 0 Å². The van der Waals surface area contributed by atoms with Gasteiger partial charge >= 0.3 is 0 Å². The summed E-state index contributed by atoms with van der Waals surface area (Å²) in [5, 5.41) is 0. The summed E-state index contributed by atoms with van der Waals surface area (Å²) in [5.74, 6) is 0.745. The summed E-state index contributed by atoms with van der Waals surface area (Å²) in [5.41, 5.74) is 1.51. The van der Waals surface area contributed by atoms with Crippen LogP contribution in [0.3, 0.4) is 0 Å². The molecule has 12 heavy (non-hydrogen) atoms. The quantitative estimate of drug-likeness (QED) is 0.539. The van der Waals surface area contributed by atoms with E-state index in [0.717, 1.165) is 12.3 Å². The fraction of sp³-hybridized carbons (Fsp3) is 0.500. The van der Waals surface area contributed by atoms with Crippen molar-refractivity contribution in [3.8, 4) is 0 Å². The second kappa shape index (κ2) is 6.90. The molecule has 0 fully saturated rings. The molecule has 1 unspecified atom stereocenters. The summed E-state index contributed by atoms with van der Waals surface area (Å²) in [6.45, 7) is 9.95. The smallest absolute Gasteiger partial charge is 0.00224 e. The van der Waals surface area contributed by atoms with Gasteiger partial charge in [0.25, 0.3) is 0 Å². The Kier molecular flexibility index (Phi) is 6.45. The Labute approximate surface area is 76.7 Å². The normalized spacial score (nSPS) is 19.6. The van der Waals surface area contributed by atoms with Crippen molar-refractivity contribution in [2.24, 2.45) is 5.92 Å².